The van der Waals surface area contributed by atoms with Crippen LogP contribution in [0.25, 0.3) is 0 Å². The molecule has 0 aliphatic rings. The molecule has 1 unspecified atom stereocenters. The predicted molar refractivity (Wildman–Crippen MR) is 35.2 cm³/mol. The maximum Gasteiger partial charge on any atom is 0.332 e. The molecule has 0 heterocycles. The number of hydrogen-bond donors (Lipinski definition) is 4. The van der Waals surface area contributed by atoms with Gasteiger partial charge >= 0.3 is 5.97 Å². The fourth-order valence-corrected chi connectivity index (χ4v) is 0. The molecular formula is C3H16N2O5Ti2. The average molecular weight is 256 g/mol. The van der Waals surface area contributed by atoms with Crippen LogP contribution in [0.2, 0.25) is 0 Å². The summed E-state index contributed by atoms with van der Waals surface area (Å²) in [4.78, 5) is 9.45. The molecule has 0 fully saturated rings. The zero-order chi connectivity index (χ0) is 5.15. The molecule has 0 aromatic rings. The normalized spacial score (nSPS) is 6.83. The third-order valence-electron chi connectivity index (χ3n) is 0.357. The summed E-state index contributed by atoms with van der Waals surface area (Å²) in [6, 6.07) is 0. The van der Waals surface area contributed by atoms with Crippen LogP contribution < -0.4 is 12.3 Å². The van der Waals surface area contributed by atoms with E-state index in [1.807, 2.05) is 0 Å². The Balaban J connectivity index is -0.00000000833. The van der Waals surface area contributed by atoms with Crippen LogP contribution in [0.4, 0.5) is 0 Å². The molecule has 9 heteroatoms. The van der Waals surface area contributed by atoms with E-state index in [2.05, 4.69) is 0 Å². The predicted octanol–water partition coefficient (Wildman–Crippen LogP) is -0.154. The first kappa shape index (κ1) is 53.5. The molecule has 0 aromatic heterocycles. The second-order valence-electron chi connectivity index (χ2n) is 1.01. The Kier molecular flexibility index (Phi) is 133. The molecule has 0 aliphatic carbocycles. The van der Waals surface area contributed by atoms with Gasteiger partial charge in [-0.05, 0) is 6.92 Å². The molecule has 0 aliphatic heterocycles. The second-order valence-corrected chi connectivity index (χ2v) is 1.01. The fraction of sp³-hybridized carbons (Fsp3) is 0.667. The summed E-state index contributed by atoms with van der Waals surface area (Å²) in [5, 5.41) is 15.8. The van der Waals surface area contributed by atoms with Gasteiger partial charge in [0.05, 0.1) is 0 Å². The van der Waals surface area contributed by atoms with Gasteiger partial charge < -0.3 is 33.5 Å². The van der Waals surface area contributed by atoms with Crippen LogP contribution in [0.3, 0.4) is 0 Å². The van der Waals surface area contributed by atoms with E-state index in [0.29, 0.717) is 0 Å². The molecule has 0 amide bonds. The van der Waals surface area contributed by atoms with Gasteiger partial charge in [-0.15, -0.1) is 0 Å². The van der Waals surface area contributed by atoms with E-state index >= 15 is 0 Å². The number of carbonyl (C=O) groups is 1. The van der Waals surface area contributed by atoms with Gasteiger partial charge in [-0.1, -0.05) is 0 Å². The Labute approximate surface area is 100 Å². The van der Waals surface area contributed by atoms with Crippen molar-refractivity contribution in [2.24, 2.45) is 0 Å². The SMILES string of the molecule is CC(O)C(=O)O.[NH4+].[NH4+].[OH-].[OH-].[Ti].[Ti]. The van der Waals surface area contributed by atoms with Crippen molar-refractivity contribution in [2.45, 2.75) is 13.0 Å². The van der Waals surface area contributed by atoms with Gasteiger partial charge in [-0.25, -0.2) is 4.79 Å². The van der Waals surface area contributed by atoms with Crippen molar-refractivity contribution in [3.63, 3.8) is 0 Å². The standard InChI is InChI=1S/C3H6O3.2H3N.2H2O.2Ti/c1-2(4)3(5)6;;;;;;/h2,4H,1H3,(H,5,6);2*1H3;2*1H2;;. The number of aliphatic hydroxyl groups is 1. The Morgan fingerprint density at radius 2 is 1.25 bits per heavy atom. The smallest absolute Gasteiger partial charge is 0.332 e. The van der Waals surface area contributed by atoms with E-state index < -0.39 is 12.1 Å². The number of rotatable bonds is 1. The first-order valence-corrected chi connectivity index (χ1v) is 1.55. The zero-order valence-corrected chi connectivity index (χ0v) is 10.4. The molecule has 76 valence electrons. The molecule has 7 nitrogen and oxygen atoms in total. The van der Waals surface area contributed by atoms with Gasteiger partial charge in [-0.2, -0.15) is 0 Å². The van der Waals surface area contributed by atoms with Gasteiger partial charge in [0.15, 0.2) is 0 Å². The number of hydrogen-bond acceptors (Lipinski definition) is 4. The summed E-state index contributed by atoms with van der Waals surface area (Å²) >= 11 is 0. The summed E-state index contributed by atoms with van der Waals surface area (Å²) in [5.41, 5.74) is 0. The minimum absolute atomic E-state index is 0. The van der Waals surface area contributed by atoms with Gasteiger partial charge in [0.1, 0.15) is 6.10 Å². The largest absolute Gasteiger partial charge is 0.870 e. The van der Waals surface area contributed by atoms with Crippen molar-refractivity contribution in [3.05, 3.63) is 0 Å². The summed E-state index contributed by atoms with van der Waals surface area (Å²) in [6.07, 6.45) is -1.23. The third-order valence-corrected chi connectivity index (χ3v) is 0.357. The number of aliphatic carboxylic acids is 1. The van der Waals surface area contributed by atoms with Gasteiger partial charge in [0, 0.05) is 43.4 Å². The summed E-state index contributed by atoms with van der Waals surface area (Å²) in [5.74, 6) is -1.19. The first-order valence-electron chi connectivity index (χ1n) is 1.55. The molecule has 0 saturated heterocycles. The van der Waals surface area contributed by atoms with Crippen molar-refractivity contribution in [1.29, 1.82) is 0 Å². The molecule has 0 spiro atoms. The molecule has 0 bridgehead atoms. The molecule has 0 aromatic carbocycles. The van der Waals surface area contributed by atoms with E-state index in [9.17, 15) is 4.79 Å². The van der Waals surface area contributed by atoms with Crippen molar-refractivity contribution in [3.8, 4) is 0 Å². The Morgan fingerprint density at radius 1 is 1.17 bits per heavy atom. The fourth-order valence-electron chi connectivity index (χ4n) is 0. The van der Waals surface area contributed by atoms with Gasteiger partial charge in [0.25, 0.3) is 0 Å². The van der Waals surface area contributed by atoms with Crippen molar-refractivity contribution < 1.29 is 69.4 Å². The van der Waals surface area contributed by atoms with Crippen LogP contribution in [-0.4, -0.2) is 33.2 Å². The van der Waals surface area contributed by atoms with Crippen LogP contribution in [0.1, 0.15) is 6.92 Å². The number of carboxylic acids is 1. The number of aliphatic hydroxyl groups excluding tert-OH is 1. The molecule has 0 saturated carbocycles. The van der Waals surface area contributed by atoms with Gasteiger partial charge in [0.2, 0.25) is 0 Å². The number of quaternary nitrogens is 2. The second kappa shape index (κ2) is 29.8. The van der Waals surface area contributed by atoms with Crippen molar-refractivity contribution in [2.75, 3.05) is 0 Å². The molecule has 12 N–H and O–H groups in total. The quantitative estimate of drug-likeness (QED) is 0.472. The average Bonchev–Trinajstić information content (AvgIpc) is 1.36. The van der Waals surface area contributed by atoms with E-state index in [4.69, 9.17) is 10.2 Å². The molecular weight excluding hydrogens is 240 g/mol. The monoisotopic (exact) mass is 256 g/mol. The Bertz CT molecular complexity index is 73.7. The van der Waals surface area contributed by atoms with Crippen LogP contribution in [0, 0.1) is 0 Å². The molecule has 0 radical (unpaired) electrons. The molecule has 1 atom stereocenters. The Morgan fingerprint density at radius 3 is 1.25 bits per heavy atom. The van der Waals surface area contributed by atoms with Gasteiger partial charge in [-0.3, -0.25) is 0 Å². The van der Waals surface area contributed by atoms with E-state index in [1.165, 1.54) is 6.92 Å². The van der Waals surface area contributed by atoms with Crippen molar-refractivity contribution >= 4 is 5.97 Å². The maximum absolute atomic E-state index is 9.45. The zero-order valence-electron chi connectivity index (χ0n) is 7.27. The van der Waals surface area contributed by atoms with E-state index in [1.54, 1.807) is 0 Å². The molecule has 0 rings (SSSR count). The topological polar surface area (TPSA) is 191 Å². The van der Waals surface area contributed by atoms with E-state index in [0.717, 1.165) is 0 Å². The van der Waals surface area contributed by atoms with Crippen LogP contribution in [0.5, 0.6) is 0 Å². The van der Waals surface area contributed by atoms with E-state index in [-0.39, 0.29) is 66.7 Å². The summed E-state index contributed by atoms with van der Waals surface area (Å²) in [7, 11) is 0. The summed E-state index contributed by atoms with van der Waals surface area (Å²) < 4.78 is 0. The van der Waals surface area contributed by atoms with Crippen LogP contribution in [0.15, 0.2) is 0 Å². The maximum atomic E-state index is 9.45. The minimum atomic E-state index is -1.23. The minimum Gasteiger partial charge on any atom is -0.870 e. The Hall–Kier alpha value is 0.699. The molecule has 12 heavy (non-hydrogen) atoms. The van der Waals surface area contributed by atoms with Crippen molar-refractivity contribution in [1.82, 2.24) is 12.3 Å². The number of carboxylic acid groups (broad SMARTS) is 1. The first-order chi connectivity index (χ1) is 2.64. The third kappa shape index (κ3) is 45.6. The summed E-state index contributed by atoms with van der Waals surface area (Å²) in [6.45, 7) is 1.20. The van der Waals surface area contributed by atoms with Crippen LogP contribution >= 0.6 is 0 Å². The van der Waals surface area contributed by atoms with Crippen LogP contribution in [-0.2, 0) is 48.2 Å².